The maximum Gasteiger partial charge on any atom is 0.231 e. The van der Waals surface area contributed by atoms with E-state index in [1.54, 1.807) is 7.05 Å². The molecule has 2 N–H and O–H groups in total. The molecular weight excluding hydrogens is 250 g/mol. The van der Waals surface area contributed by atoms with Gasteiger partial charge in [0.15, 0.2) is 5.96 Å². The van der Waals surface area contributed by atoms with Crippen molar-refractivity contribution >= 4 is 11.9 Å². The molecule has 3 unspecified atom stereocenters. The molecule has 3 rings (SSSR count). The molecule has 1 heterocycles. The highest BCUT2D eigenvalue weighted by Gasteiger charge is 2.53. The summed E-state index contributed by atoms with van der Waals surface area (Å²) in [7, 11) is 1.69. The number of nitrogens with two attached hydrogens (primary N) is 1. The second kappa shape index (κ2) is 4.33. The third-order valence-corrected chi connectivity index (χ3v) is 4.77. The minimum absolute atomic E-state index is 0.0652. The van der Waals surface area contributed by atoms with Crippen molar-refractivity contribution in [3.8, 4) is 0 Å². The molecule has 20 heavy (non-hydrogen) atoms. The zero-order valence-electron chi connectivity index (χ0n) is 12.3. The summed E-state index contributed by atoms with van der Waals surface area (Å²) < 4.78 is 0. The fraction of sp³-hybridized carbons (Fsp3) is 0.500. The van der Waals surface area contributed by atoms with E-state index >= 15 is 0 Å². The number of aryl methyl sites for hydroxylation is 1. The second-order valence-electron chi connectivity index (χ2n) is 6.26. The van der Waals surface area contributed by atoms with Crippen molar-refractivity contribution in [1.82, 2.24) is 4.90 Å². The van der Waals surface area contributed by atoms with Crippen molar-refractivity contribution in [2.24, 2.45) is 16.6 Å². The van der Waals surface area contributed by atoms with E-state index in [9.17, 15) is 4.79 Å². The monoisotopic (exact) mass is 271 g/mol. The molecule has 0 bridgehead atoms. The summed E-state index contributed by atoms with van der Waals surface area (Å²) in [5.41, 5.74) is 8.24. The Bertz CT molecular complexity index is 595. The number of carbonyl (C=O) groups excluding carboxylic acids is 1. The van der Waals surface area contributed by atoms with Crippen molar-refractivity contribution in [2.75, 3.05) is 7.05 Å². The maximum absolute atomic E-state index is 12.0. The molecule has 1 aliphatic heterocycles. The van der Waals surface area contributed by atoms with Gasteiger partial charge in [-0.15, -0.1) is 0 Å². The van der Waals surface area contributed by atoms with E-state index < -0.39 is 0 Å². The lowest BCUT2D eigenvalue weighted by Crippen LogP contribution is -2.49. The highest BCUT2D eigenvalue weighted by molar-refractivity contribution is 5.98. The number of aliphatic imine (C=N–C) groups is 1. The molecule has 0 aromatic heterocycles. The fourth-order valence-electron chi connectivity index (χ4n) is 3.37. The Labute approximate surface area is 119 Å². The smallest absolute Gasteiger partial charge is 0.231 e. The van der Waals surface area contributed by atoms with Gasteiger partial charge in [-0.25, -0.2) is 4.99 Å². The van der Waals surface area contributed by atoms with Crippen molar-refractivity contribution in [2.45, 2.75) is 38.1 Å². The van der Waals surface area contributed by atoms with Gasteiger partial charge in [-0.1, -0.05) is 24.3 Å². The molecular formula is C16H21N3O. The summed E-state index contributed by atoms with van der Waals surface area (Å²) >= 11 is 0. The normalized spacial score (nSPS) is 33.0. The van der Waals surface area contributed by atoms with Crippen LogP contribution in [0.5, 0.6) is 0 Å². The average Bonchev–Trinajstić information content (AvgIpc) is 3.17. The van der Waals surface area contributed by atoms with Gasteiger partial charge in [0.25, 0.3) is 0 Å². The van der Waals surface area contributed by atoms with Crippen molar-refractivity contribution in [3.05, 3.63) is 35.4 Å². The fourth-order valence-corrected chi connectivity index (χ4v) is 3.37. The van der Waals surface area contributed by atoms with Crippen LogP contribution in [0.15, 0.2) is 29.3 Å². The van der Waals surface area contributed by atoms with Crippen LogP contribution in [0.2, 0.25) is 0 Å². The summed E-state index contributed by atoms with van der Waals surface area (Å²) in [6, 6.07) is 8.47. The van der Waals surface area contributed by atoms with E-state index in [2.05, 4.69) is 43.1 Å². The number of hydrogen-bond acceptors (Lipinski definition) is 3. The molecule has 1 aliphatic carbocycles. The quantitative estimate of drug-likeness (QED) is 0.894. The first kappa shape index (κ1) is 13.2. The zero-order chi connectivity index (χ0) is 14.5. The molecule has 3 atom stereocenters. The largest absolute Gasteiger partial charge is 0.369 e. The summed E-state index contributed by atoms with van der Waals surface area (Å²) in [5.74, 6) is 1.34. The molecule has 106 valence electrons. The Morgan fingerprint density at radius 3 is 2.75 bits per heavy atom. The summed E-state index contributed by atoms with van der Waals surface area (Å²) in [5, 5.41) is 0. The molecule has 2 aliphatic rings. The van der Waals surface area contributed by atoms with Gasteiger partial charge >= 0.3 is 0 Å². The minimum Gasteiger partial charge on any atom is -0.369 e. The van der Waals surface area contributed by atoms with E-state index in [1.165, 1.54) is 16.0 Å². The Morgan fingerprint density at radius 1 is 1.40 bits per heavy atom. The number of carbonyl (C=O) groups is 1. The van der Waals surface area contributed by atoms with Crippen LogP contribution in [0.3, 0.4) is 0 Å². The predicted octanol–water partition coefficient (Wildman–Crippen LogP) is 2.03. The molecule has 1 aromatic carbocycles. The molecule has 1 saturated carbocycles. The predicted molar refractivity (Wildman–Crippen MR) is 79.4 cm³/mol. The van der Waals surface area contributed by atoms with Gasteiger partial charge in [0, 0.05) is 7.05 Å². The van der Waals surface area contributed by atoms with Gasteiger partial charge in [0.2, 0.25) is 5.91 Å². The molecule has 0 radical (unpaired) electrons. The number of benzene rings is 1. The van der Waals surface area contributed by atoms with Crippen LogP contribution in [0.1, 0.15) is 36.8 Å². The zero-order valence-corrected chi connectivity index (χ0v) is 12.3. The lowest BCUT2D eigenvalue weighted by atomic mass is 9.87. The third-order valence-electron chi connectivity index (χ3n) is 4.77. The van der Waals surface area contributed by atoms with Gasteiger partial charge in [0.1, 0.15) is 0 Å². The van der Waals surface area contributed by atoms with Gasteiger partial charge in [-0.2, -0.15) is 0 Å². The first-order chi connectivity index (χ1) is 9.42. The molecule has 0 saturated heterocycles. The second-order valence-corrected chi connectivity index (χ2v) is 6.26. The van der Waals surface area contributed by atoms with Crippen LogP contribution in [0.4, 0.5) is 0 Å². The standard InChI is InChI=1S/C16H21N3O/c1-10-6-4-5-7-11(10)12-8-13(12)16(2)9-14(20)19(3)15(17)18-16/h4-7,12-13H,8-9H2,1-3H3,(H2,17,18). The van der Waals surface area contributed by atoms with Crippen LogP contribution < -0.4 is 5.73 Å². The Hall–Kier alpha value is -1.84. The van der Waals surface area contributed by atoms with Gasteiger partial charge in [-0.05, 0) is 43.2 Å². The van der Waals surface area contributed by atoms with E-state index in [0.717, 1.165) is 6.42 Å². The molecule has 1 aromatic rings. The maximum atomic E-state index is 12.0. The van der Waals surface area contributed by atoms with Crippen LogP contribution in [0, 0.1) is 12.8 Å². The SMILES string of the molecule is Cc1ccccc1C1CC1C1(C)CC(=O)N(C)C(N)=N1. The van der Waals surface area contributed by atoms with E-state index in [1.807, 2.05) is 0 Å². The van der Waals surface area contributed by atoms with E-state index in [0.29, 0.717) is 24.2 Å². The summed E-state index contributed by atoms with van der Waals surface area (Å²) in [6.07, 6.45) is 1.55. The highest BCUT2D eigenvalue weighted by Crippen LogP contribution is 2.57. The Morgan fingerprint density at radius 2 is 2.10 bits per heavy atom. The van der Waals surface area contributed by atoms with E-state index in [-0.39, 0.29) is 11.4 Å². The van der Waals surface area contributed by atoms with Crippen LogP contribution in [0.25, 0.3) is 0 Å². The van der Waals surface area contributed by atoms with Crippen molar-refractivity contribution in [3.63, 3.8) is 0 Å². The number of rotatable bonds is 2. The number of guanidine groups is 1. The van der Waals surface area contributed by atoms with Crippen molar-refractivity contribution in [1.29, 1.82) is 0 Å². The van der Waals surface area contributed by atoms with Crippen LogP contribution >= 0.6 is 0 Å². The minimum atomic E-state index is -0.347. The lowest BCUT2D eigenvalue weighted by molar-refractivity contribution is -0.128. The first-order valence-corrected chi connectivity index (χ1v) is 7.10. The molecule has 0 spiro atoms. The topological polar surface area (TPSA) is 58.7 Å². The van der Waals surface area contributed by atoms with Gasteiger partial charge in [0.05, 0.1) is 12.0 Å². The van der Waals surface area contributed by atoms with Crippen LogP contribution in [-0.4, -0.2) is 29.4 Å². The lowest BCUT2D eigenvalue weighted by Gasteiger charge is -2.33. The van der Waals surface area contributed by atoms with Gasteiger partial charge < -0.3 is 5.73 Å². The molecule has 1 fully saturated rings. The molecule has 4 heteroatoms. The highest BCUT2D eigenvalue weighted by atomic mass is 16.2. The number of hydrogen-bond donors (Lipinski definition) is 1. The van der Waals surface area contributed by atoms with Crippen LogP contribution in [-0.2, 0) is 4.79 Å². The van der Waals surface area contributed by atoms with Crippen molar-refractivity contribution < 1.29 is 4.79 Å². The number of amides is 1. The summed E-state index contributed by atoms with van der Waals surface area (Å²) in [4.78, 5) is 18.1. The number of nitrogens with zero attached hydrogens (tertiary/aromatic N) is 2. The molecule has 1 amide bonds. The molecule has 4 nitrogen and oxygen atoms in total. The third kappa shape index (κ3) is 1.99. The Balaban J connectivity index is 1.86. The van der Waals surface area contributed by atoms with Gasteiger partial charge in [-0.3, -0.25) is 9.69 Å². The average molecular weight is 271 g/mol. The van der Waals surface area contributed by atoms with E-state index in [4.69, 9.17) is 5.73 Å². The first-order valence-electron chi connectivity index (χ1n) is 7.10. The summed E-state index contributed by atoms with van der Waals surface area (Å²) in [6.45, 7) is 4.21. The Kier molecular flexibility index (Phi) is 2.85.